The summed E-state index contributed by atoms with van der Waals surface area (Å²) < 4.78 is 0. The van der Waals surface area contributed by atoms with E-state index in [1.807, 2.05) is 36.2 Å². The Morgan fingerprint density at radius 1 is 0.893 bits per heavy atom. The Labute approximate surface area is 167 Å². The van der Waals surface area contributed by atoms with Gasteiger partial charge < -0.3 is 15.1 Å². The third-order valence-corrected chi connectivity index (χ3v) is 5.33. The number of nitrogens with zero attached hydrogens (tertiary/aromatic N) is 2. The van der Waals surface area contributed by atoms with E-state index in [1.54, 1.807) is 24.3 Å². The SMILES string of the molecule is CCN(C)c1ccc(C(=O)Nc2ccc(C(=O)N3CCCCCC3)cc2)cc1. The molecule has 0 bridgehead atoms. The van der Waals surface area contributed by atoms with E-state index in [9.17, 15) is 9.59 Å². The van der Waals surface area contributed by atoms with E-state index in [0.29, 0.717) is 16.8 Å². The molecule has 148 valence electrons. The maximum absolute atomic E-state index is 12.7. The lowest BCUT2D eigenvalue weighted by Crippen LogP contribution is -2.31. The number of anilines is 2. The first kappa shape index (κ1) is 19.9. The Bertz CT molecular complexity index is 792. The van der Waals surface area contributed by atoms with Crippen LogP contribution < -0.4 is 10.2 Å². The largest absolute Gasteiger partial charge is 0.375 e. The van der Waals surface area contributed by atoms with E-state index in [2.05, 4.69) is 17.1 Å². The molecular weight excluding hydrogens is 350 g/mol. The van der Waals surface area contributed by atoms with Crippen LogP contribution in [0.5, 0.6) is 0 Å². The molecule has 0 radical (unpaired) electrons. The summed E-state index contributed by atoms with van der Waals surface area (Å²) in [4.78, 5) is 29.2. The smallest absolute Gasteiger partial charge is 0.255 e. The molecule has 0 aliphatic carbocycles. The van der Waals surface area contributed by atoms with Crippen molar-refractivity contribution >= 4 is 23.2 Å². The minimum Gasteiger partial charge on any atom is -0.375 e. The van der Waals surface area contributed by atoms with Crippen LogP contribution in [0.25, 0.3) is 0 Å². The normalized spacial score (nSPS) is 14.3. The molecule has 0 spiro atoms. The van der Waals surface area contributed by atoms with Crippen molar-refractivity contribution in [3.05, 3.63) is 59.7 Å². The summed E-state index contributed by atoms with van der Waals surface area (Å²) in [5.74, 6) is -0.0762. The molecule has 0 aromatic heterocycles. The topological polar surface area (TPSA) is 52.7 Å². The Hall–Kier alpha value is -2.82. The van der Waals surface area contributed by atoms with Crippen LogP contribution >= 0.6 is 0 Å². The Kier molecular flexibility index (Phi) is 6.69. The minimum absolute atomic E-state index is 0.0791. The van der Waals surface area contributed by atoms with Gasteiger partial charge in [0.2, 0.25) is 0 Å². The average molecular weight is 380 g/mol. The molecule has 2 aromatic rings. The summed E-state index contributed by atoms with van der Waals surface area (Å²) in [6, 6.07) is 14.7. The van der Waals surface area contributed by atoms with E-state index in [0.717, 1.165) is 38.2 Å². The third kappa shape index (κ3) is 4.91. The van der Waals surface area contributed by atoms with E-state index < -0.39 is 0 Å². The fourth-order valence-corrected chi connectivity index (χ4v) is 3.41. The summed E-state index contributed by atoms with van der Waals surface area (Å²) in [6.45, 7) is 4.66. The Balaban J connectivity index is 1.61. The first-order valence-corrected chi connectivity index (χ1v) is 10.1. The average Bonchev–Trinajstić information content (AvgIpc) is 3.03. The summed E-state index contributed by atoms with van der Waals surface area (Å²) in [6.07, 6.45) is 4.55. The van der Waals surface area contributed by atoms with Crippen molar-refractivity contribution in [2.24, 2.45) is 0 Å². The van der Waals surface area contributed by atoms with Crippen LogP contribution in [-0.2, 0) is 0 Å². The highest BCUT2D eigenvalue weighted by Gasteiger charge is 2.17. The van der Waals surface area contributed by atoms with Gasteiger partial charge in [-0.25, -0.2) is 0 Å². The van der Waals surface area contributed by atoms with Gasteiger partial charge in [-0.2, -0.15) is 0 Å². The van der Waals surface area contributed by atoms with Crippen LogP contribution in [0.1, 0.15) is 53.3 Å². The van der Waals surface area contributed by atoms with Gasteiger partial charge in [0.1, 0.15) is 0 Å². The van der Waals surface area contributed by atoms with Crippen molar-refractivity contribution in [1.82, 2.24) is 4.90 Å². The molecule has 0 atom stereocenters. The van der Waals surface area contributed by atoms with Crippen LogP contribution in [0.4, 0.5) is 11.4 Å². The van der Waals surface area contributed by atoms with Gasteiger partial charge in [-0.1, -0.05) is 12.8 Å². The summed E-state index contributed by atoms with van der Waals surface area (Å²) in [5.41, 5.74) is 3.05. The van der Waals surface area contributed by atoms with Crippen LogP contribution in [0.3, 0.4) is 0 Å². The maximum Gasteiger partial charge on any atom is 0.255 e. The molecule has 28 heavy (non-hydrogen) atoms. The van der Waals surface area contributed by atoms with Crippen LogP contribution in [0.15, 0.2) is 48.5 Å². The first-order valence-electron chi connectivity index (χ1n) is 10.1. The van der Waals surface area contributed by atoms with Gasteiger partial charge in [0.25, 0.3) is 11.8 Å². The number of nitrogens with one attached hydrogen (secondary N) is 1. The standard InChI is InChI=1S/C23H29N3O2/c1-3-25(2)21-14-10-18(11-15-21)22(27)24-20-12-8-19(9-13-20)23(28)26-16-6-4-5-7-17-26/h8-15H,3-7,16-17H2,1-2H3,(H,24,27). The lowest BCUT2D eigenvalue weighted by Gasteiger charge is -2.20. The van der Waals surface area contributed by atoms with Crippen LogP contribution in [0, 0.1) is 0 Å². The number of likely N-dealkylation sites (tertiary alicyclic amines) is 1. The van der Waals surface area contributed by atoms with Gasteiger partial charge in [-0.3, -0.25) is 9.59 Å². The van der Waals surface area contributed by atoms with Crippen molar-refractivity contribution in [2.75, 3.05) is 36.9 Å². The second-order valence-corrected chi connectivity index (χ2v) is 7.30. The van der Waals surface area contributed by atoms with Gasteiger partial charge in [0, 0.05) is 49.2 Å². The highest BCUT2D eigenvalue weighted by atomic mass is 16.2. The van der Waals surface area contributed by atoms with Crippen molar-refractivity contribution in [3.8, 4) is 0 Å². The molecule has 2 amide bonds. The Morgan fingerprint density at radius 3 is 2.04 bits per heavy atom. The van der Waals surface area contributed by atoms with Gasteiger partial charge in [-0.15, -0.1) is 0 Å². The number of carbonyl (C=O) groups excluding carboxylic acids is 2. The van der Waals surface area contributed by atoms with E-state index in [4.69, 9.17) is 0 Å². The Morgan fingerprint density at radius 2 is 1.46 bits per heavy atom. The number of amides is 2. The fraction of sp³-hybridized carbons (Fsp3) is 0.391. The lowest BCUT2D eigenvalue weighted by molar-refractivity contribution is 0.0761. The van der Waals surface area contributed by atoms with Crippen molar-refractivity contribution in [3.63, 3.8) is 0 Å². The molecule has 1 saturated heterocycles. The van der Waals surface area contributed by atoms with Crippen molar-refractivity contribution in [2.45, 2.75) is 32.6 Å². The second-order valence-electron chi connectivity index (χ2n) is 7.30. The summed E-state index contributed by atoms with van der Waals surface area (Å²) in [5, 5.41) is 2.90. The van der Waals surface area contributed by atoms with Crippen molar-refractivity contribution in [1.29, 1.82) is 0 Å². The molecule has 1 aliphatic rings. The molecule has 1 heterocycles. The molecule has 2 aromatic carbocycles. The zero-order valence-corrected chi connectivity index (χ0v) is 16.8. The molecule has 5 heteroatoms. The monoisotopic (exact) mass is 379 g/mol. The molecule has 3 rings (SSSR count). The highest BCUT2D eigenvalue weighted by molar-refractivity contribution is 6.04. The number of hydrogen-bond donors (Lipinski definition) is 1. The highest BCUT2D eigenvalue weighted by Crippen LogP contribution is 2.17. The fourth-order valence-electron chi connectivity index (χ4n) is 3.41. The first-order chi connectivity index (χ1) is 13.6. The van der Waals surface area contributed by atoms with Crippen LogP contribution in [0.2, 0.25) is 0 Å². The predicted molar refractivity (Wildman–Crippen MR) is 114 cm³/mol. The van der Waals surface area contributed by atoms with Gasteiger partial charge in [0.15, 0.2) is 0 Å². The molecule has 5 nitrogen and oxygen atoms in total. The van der Waals surface area contributed by atoms with E-state index >= 15 is 0 Å². The van der Waals surface area contributed by atoms with Gasteiger partial charge in [-0.05, 0) is 68.3 Å². The van der Waals surface area contributed by atoms with Gasteiger partial charge in [0.05, 0.1) is 0 Å². The summed E-state index contributed by atoms with van der Waals surface area (Å²) in [7, 11) is 2.02. The molecule has 1 aliphatic heterocycles. The minimum atomic E-state index is -0.155. The zero-order chi connectivity index (χ0) is 19.9. The number of carbonyl (C=O) groups is 2. The second kappa shape index (κ2) is 9.40. The summed E-state index contributed by atoms with van der Waals surface area (Å²) >= 11 is 0. The van der Waals surface area contributed by atoms with E-state index in [-0.39, 0.29) is 11.8 Å². The van der Waals surface area contributed by atoms with E-state index in [1.165, 1.54) is 12.8 Å². The van der Waals surface area contributed by atoms with Crippen LogP contribution in [-0.4, -0.2) is 43.4 Å². The molecular formula is C23H29N3O2. The number of hydrogen-bond acceptors (Lipinski definition) is 3. The zero-order valence-electron chi connectivity index (χ0n) is 16.8. The maximum atomic E-state index is 12.7. The van der Waals surface area contributed by atoms with Gasteiger partial charge >= 0.3 is 0 Å². The number of benzene rings is 2. The predicted octanol–water partition coefficient (Wildman–Crippen LogP) is 4.41. The third-order valence-electron chi connectivity index (χ3n) is 5.33. The number of rotatable bonds is 5. The lowest BCUT2D eigenvalue weighted by atomic mass is 10.1. The molecule has 1 N–H and O–H groups in total. The molecule has 1 fully saturated rings. The molecule has 0 saturated carbocycles. The quantitative estimate of drug-likeness (QED) is 0.837. The molecule has 0 unspecified atom stereocenters. The van der Waals surface area contributed by atoms with Crippen molar-refractivity contribution < 1.29 is 9.59 Å².